The maximum absolute atomic E-state index is 13.3. The number of carboxylic acids is 1. The molecular weight excluding hydrogens is 308 g/mol. The van der Waals surface area contributed by atoms with Gasteiger partial charge in [-0.3, -0.25) is 4.79 Å². The summed E-state index contributed by atoms with van der Waals surface area (Å²) in [5.74, 6) is -3.18. The van der Waals surface area contributed by atoms with E-state index in [1.807, 2.05) is 0 Å². The molecule has 0 bridgehead atoms. The smallest absolute Gasteiger partial charge is 0.402 e. The van der Waals surface area contributed by atoms with Gasteiger partial charge in [0.25, 0.3) is 10.0 Å². The molecule has 0 amide bonds. The van der Waals surface area contributed by atoms with Crippen LogP contribution in [0.15, 0.2) is 23.4 Å². The second-order valence-corrected chi connectivity index (χ2v) is 5.43. The highest BCUT2D eigenvalue weighted by atomic mass is 32.2. The predicted molar refractivity (Wildman–Crippen MR) is 56.6 cm³/mol. The number of nitrogens with zero attached hydrogens (tertiary/aromatic N) is 2. The van der Waals surface area contributed by atoms with E-state index in [1.165, 1.54) is 0 Å². The second kappa shape index (κ2) is 5.71. The average Bonchev–Trinajstić information content (AvgIpc) is 2.25. The summed E-state index contributed by atoms with van der Waals surface area (Å²) in [4.78, 5) is 13.6. The molecule has 11 heteroatoms. The van der Waals surface area contributed by atoms with Gasteiger partial charge >= 0.3 is 12.1 Å². The van der Waals surface area contributed by atoms with Crippen molar-refractivity contribution >= 4 is 16.0 Å². The van der Waals surface area contributed by atoms with E-state index in [9.17, 15) is 30.8 Å². The summed E-state index contributed by atoms with van der Waals surface area (Å²) < 4.78 is 73.4. The standard InChI is InChI=1S/C9H8F4N2O4S/c10-6-2-1-3-14-8(6)20(18,19)15(4-7(16)17)5-9(11,12)13/h1-3H,4-5H2,(H,16,17). The molecule has 0 aromatic carbocycles. The van der Waals surface area contributed by atoms with Crippen LogP contribution in [0.2, 0.25) is 0 Å². The van der Waals surface area contributed by atoms with Crippen LogP contribution in [0.1, 0.15) is 0 Å². The van der Waals surface area contributed by atoms with Gasteiger partial charge in [-0.25, -0.2) is 17.8 Å². The molecule has 6 nitrogen and oxygen atoms in total. The monoisotopic (exact) mass is 316 g/mol. The molecule has 0 spiro atoms. The Labute approximate surface area is 110 Å². The summed E-state index contributed by atoms with van der Waals surface area (Å²) in [7, 11) is -5.01. The zero-order valence-corrected chi connectivity index (χ0v) is 10.4. The summed E-state index contributed by atoms with van der Waals surface area (Å²) in [5, 5.41) is 7.21. The molecular formula is C9H8F4N2O4S. The average molecular weight is 316 g/mol. The van der Waals surface area contributed by atoms with Crippen LogP contribution in [0.5, 0.6) is 0 Å². The first-order valence-corrected chi connectivity index (χ1v) is 6.37. The molecule has 0 aliphatic heterocycles. The number of pyridine rings is 1. The molecule has 0 unspecified atom stereocenters. The van der Waals surface area contributed by atoms with Crippen molar-refractivity contribution in [2.75, 3.05) is 13.1 Å². The molecule has 112 valence electrons. The topological polar surface area (TPSA) is 87.6 Å². The Bertz CT molecular complexity index is 602. The van der Waals surface area contributed by atoms with Crippen molar-refractivity contribution in [3.63, 3.8) is 0 Å². The fourth-order valence-corrected chi connectivity index (χ4v) is 2.61. The molecule has 0 saturated carbocycles. The first-order chi connectivity index (χ1) is 9.04. The number of hydrogen-bond acceptors (Lipinski definition) is 4. The number of aromatic nitrogens is 1. The molecule has 0 radical (unpaired) electrons. The van der Waals surface area contributed by atoms with E-state index >= 15 is 0 Å². The third kappa shape index (κ3) is 4.13. The van der Waals surface area contributed by atoms with Gasteiger partial charge in [-0.1, -0.05) is 0 Å². The van der Waals surface area contributed by atoms with Crippen LogP contribution < -0.4 is 0 Å². The number of carbonyl (C=O) groups is 1. The van der Waals surface area contributed by atoms with Crippen LogP contribution in [0, 0.1) is 5.82 Å². The van der Waals surface area contributed by atoms with Gasteiger partial charge < -0.3 is 5.11 Å². The molecule has 1 heterocycles. The molecule has 0 aliphatic carbocycles. The Balaban J connectivity index is 3.24. The number of hydrogen-bond donors (Lipinski definition) is 1. The van der Waals surface area contributed by atoms with Gasteiger partial charge in [0, 0.05) is 6.20 Å². The zero-order chi connectivity index (χ0) is 15.6. The van der Waals surface area contributed by atoms with Gasteiger partial charge in [0.05, 0.1) is 0 Å². The first-order valence-electron chi connectivity index (χ1n) is 4.93. The van der Waals surface area contributed by atoms with Gasteiger partial charge in [-0.05, 0) is 12.1 Å². The molecule has 1 rings (SSSR count). The van der Waals surface area contributed by atoms with E-state index in [0.29, 0.717) is 6.07 Å². The van der Waals surface area contributed by atoms with Crippen molar-refractivity contribution in [2.45, 2.75) is 11.2 Å². The van der Waals surface area contributed by atoms with Gasteiger partial charge in [-0.2, -0.15) is 17.5 Å². The van der Waals surface area contributed by atoms with Crippen molar-refractivity contribution in [2.24, 2.45) is 0 Å². The van der Waals surface area contributed by atoms with Gasteiger partial charge in [0.15, 0.2) is 5.82 Å². The number of halogens is 4. The molecule has 0 atom stereocenters. The van der Waals surface area contributed by atoms with Crippen LogP contribution in [-0.2, 0) is 14.8 Å². The van der Waals surface area contributed by atoms with Gasteiger partial charge in [0.2, 0.25) is 5.03 Å². The van der Waals surface area contributed by atoms with Crippen LogP contribution in [0.3, 0.4) is 0 Å². The molecule has 1 aromatic heterocycles. The third-order valence-corrected chi connectivity index (χ3v) is 3.70. The Morgan fingerprint density at radius 2 is 2.00 bits per heavy atom. The number of alkyl halides is 3. The molecule has 1 N–H and O–H groups in total. The van der Waals surface area contributed by atoms with Crippen molar-refractivity contribution in [3.8, 4) is 0 Å². The van der Waals surface area contributed by atoms with E-state index in [0.717, 1.165) is 12.3 Å². The van der Waals surface area contributed by atoms with Crippen LogP contribution >= 0.6 is 0 Å². The van der Waals surface area contributed by atoms with Crippen molar-refractivity contribution in [3.05, 3.63) is 24.1 Å². The van der Waals surface area contributed by atoms with E-state index in [4.69, 9.17) is 5.11 Å². The maximum atomic E-state index is 13.3. The summed E-state index contributed by atoms with van der Waals surface area (Å²) in [6.45, 7) is -3.52. The molecule has 1 aromatic rings. The lowest BCUT2D eigenvalue weighted by atomic mass is 10.5. The summed E-state index contributed by atoms with van der Waals surface area (Å²) in [6, 6.07) is 1.73. The fraction of sp³-hybridized carbons (Fsp3) is 0.333. The minimum atomic E-state index is -5.01. The summed E-state index contributed by atoms with van der Waals surface area (Å²) in [5.41, 5.74) is 0. The highest BCUT2D eigenvalue weighted by molar-refractivity contribution is 7.89. The zero-order valence-electron chi connectivity index (χ0n) is 9.63. The third-order valence-electron chi connectivity index (χ3n) is 1.98. The number of sulfonamides is 1. The lowest BCUT2D eigenvalue weighted by Crippen LogP contribution is -2.42. The van der Waals surface area contributed by atoms with E-state index in [2.05, 4.69) is 4.98 Å². The van der Waals surface area contributed by atoms with Gasteiger partial charge in [-0.15, -0.1) is 0 Å². The Morgan fingerprint density at radius 3 is 2.45 bits per heavy atom. The molecule has 0 saturated heterocycles. The van der Waals surface area contributed by atoms with Crippen LogP contribution in [-0.4, -0.2) is 48.0 Å². The normalized spacial score (nSPS) is 12.7. The summed E-state index contributed by atoms with van der Waals surface area (Å²) >= 11 is 0. The lowest BCUT2D eigenvalue weighted by molar-refractivity contribution is -0.146. The first kappa shape index (κ1) is 16.3. The van der Waals surface area contributed by atoms with E-state index in [-0.39, 0.29) is 0 Å². The van der Waals surface area contributed by atoms with Crippen molar-refractivity contribution < 1.29 is 35.9 Å². The minimum absolute atomic E-state index is 0.402. The van der Waals surface area contributed by atoms with Crippen LogP contribution in [0.4, 0.5) is 17.6 Å². The molecule has 0 aliphatic rings. The van der Waals surface area contributed by atoms with E-state index < -0.39 is 50.4 Å². The summed E-state index contributed by atoms with van der Waals surface area (Å²) in [6.07, 6.45) is -4.11. The lowest BCUT2D eigenvalue weighted by Gasteiger charge is -2.21. The predicted octanol–water partition coefficient (Wildman–Crippen LogP) is 0.858. The van der Waals surface area contributed by atoms with Crippen LogP contribution in [0.25, 0.3) is 0 Å². The minimum Gasteiger partial charge on any atom is -0.480 e. The Kier molecular flexibility index (Phi) is 4.65. The van der Waals surface area contributed by atoms with Crippen molar-refractivity contribution in [1.29, 1.82) is 0 Å². The SMILES string of the molecule is O=C(O)CN(CC(F)(F)F)S(=O)(=O)c1ncccc1F. The van der Waals surface area contributed by atoms with Gasteiger partial charge in [0.1, 0.15) is 13.1 Å². The molecule has 20 heavy (non-hydrogen) atoms. The molecule has 0 fully saturated rings. The number of aliphatic carboxylic acids is 1. The Hall–Kier alpha value is -1.75. The quantitative estimate of drug-likeness (QED) is 0.814. The maximum Gasteiger partial charge on any atom is 0.402 e. The van der Waals surface area contributed by atoms with E-state index in [1.54, 1.807) is 0 Å². The van der Waals surface area contributed by atoms with Crippen molar-refractivity contribution in [1.82, 2.24) is 9.29 Å². The number of carboxylic acid groups (broad SMARTS) is 1. The number of rotatable bonds is 5. The highest BCUT2D eigenvalue weighted by Gasteiger charge is 2.39. The second-order valence-electron chi connectivity index (χ2n) is 3.57. The largest absolute Gasteiger partial charge is 0.480 e. The fourth-order valence-electron chi connectivity index (χ4n) is 1.26. The Morgan fingerprint density at radius 1 is 1.40 bits per heavy atom. The highest BCUT2D eigenvalue weighted by Crippen LogP contribution is 2.22.